The first-order valence-corrected chi connectivity index (χ1v) is 8.17. The third-order valence-corrected chi connectivity index (χ3v) is 4.33. The average molecular weight is 288 g/mol. The second kappa shape index (κ2) is 7.60. The Labute approximate surface area is 128 Å². The topological polar surface area (TPSA) is 55.1 Å². The number of carbonyl (C=O) groups is 1. The first kappa shape index (κ1) is 16.0. The maximum Gasteiger partial charge on any atom is 0.220 e. The number of nitrogens with two attached hydrogens (primary N) is 1. The molecular formula is C18H28N2O. The normalized spacial score (nSPS) is 19.1. The van der Waals surface area contributed by atoms with E-state index < -0.39 is 0 Å². The lowest BCUT2D eigenvalue weighted by Crippen LogP contribution is -2.41. The summed E-state index contributed by atoms with van der Waals surface area (Å²) in [5, 5.41) is 3.11. The Kier molecular flexibility index (Phi) is 5.80. The van der Waals surface area contributed by atoms with E-state index in [1.54, 1.807) is 0 Å². The molecule has 1 aromatic rings. The summed E-state index contributed by atoms with van der Waals surface area (Å²) in [6.07, 6.45) is 4.98. The molecule has 1 aliphatic carbocycles. The zero-order valence-electron chi connectivity index (χ0n) is 13.3. The van der Waals surface area contributed by atoms with Gasteiger partial charge in [-0.05, 0) is 48.6 Å². The van der Waals surface area contributed by atoms with Crippen molar-refractivity contribution < 1.29 is 4.79 Å². The van der Waals surface area contributed by atoms with Gasteiger partial charge in [-0.1, -0.05) is 38.1 Å². The number of aryl methyl sites for hydroxylation is 1. The van der Waals surface area contributed by atoms with E-state index in [1.165, 1.54) is 17.5 Å². The van der Waals surface area contributed by atoms with E-state index in [2.05, 4.69) is 43.4 Å². The molecule has 0 fully saturated rings. The second-order valence-electron chi connectivity index (χ2n) is 6.62. The number of fused-ring (bicyclic) bond motifs is 1. The van der Waals surface area contributed by atoms with Gasteiger partial charge in [0.05, 0.1) is 0 Å². The Morgan fingerprint density at radius 3 is 2.86 bits per heavy atom. The Hall–Kier alpha value is -1.35. The van der Waals surface area contributed by atoms with E-state index in [0.29, 0.717) is 24.8 Å². The summed E-state index contributed by atoms with van der Waals surface area (Å²) < 4.78 is 0. The molecule has 116 valence electrons. The highest BCUT2D eigenvalue weighted by molar-refractivity contribution is 5.77. The van der Waals surface area contributed by atoms with E-state index in [0.717, 1.165) is 19.3 Å². The van der Waals surface area contributed by atoms with Crippen LogP contribution in [0.3, 0.4) is 0 Å². The Balaban J connectivity index is 1.94. The maximum atomic E-state index is 12.3. The van der Waals surface area contributed by atoms with Crippen molar-refractivity contribution in [3.05, 3.63) is 35.4 Å². The van der Waals surface area contributed by atoms with Gasteiger partial charge in [-0.2, -0.15) is 0 Å². The van der Waals surface area contributed by atoms with Crippen molar-refractivity contribution in [2.75, 3.05) is 6.54 Å². The highest BCUT2D eigenvalue weighted by atomic mass is 16.1. The van der Waals surface area contributed by atoms with Crippen molar-refractivity contribution >= 4 is 5.91 Å². The van der Waals surface area contributed by atoms with Crippen molar-refractivity contribution in [2.24, 2.45) is 11.7 Å². The number of nitrogens with one attached hydrogen (secondary N) is 1. The minimum absolute atomic E-state index is 0.108. The van der Waals surface area contributed by atoms with Crippen LogP contribution in [-0.2, 0) is 11.2 Å². The zero-order chi connectivity index (χ0) is 15.2. The molecule has 21 heavy (non-hydrogen) atoms. The smallest absolute Gasteiger partial charge is 0.220 e. The largest absolute Gasteiger partial charge is 0.352 e. The Bertz CT molecular complexity index is 470. The fourth-order valence-electron chi connectivity index (χ4n) is 3.36. The number of hydrogen-bond donors (Lipinski definition) is 2. The summed E-state index contributed by atoms with van der Waals surface area (Å²) in [5.74, 6) is 1.06. The first-order chi connectivity index (χ1) is 10.1. The fraction of sp³-hybridized carbons (Fsp3) is 0.611. The molecule has 1 aliphatic rings. The SMILES string of the molecule is CC(C)CC(CN)NC(=O)CC1CCCc2ccccc21. The minimum atomic E-state index is 0.108. The molecule has 0 aliphatic heterocycles. The van der Waals surface area contributed by atoms with E-state index in [9.17, 15) is 4.79 Å². The summed E-state index contributed by atoms with van der Waals surface area (Å²) in [4.78, 5) is 12.3. The molecule has 3 N–H and O–H groups in total. The van der Waals surface area contributed by atoms with Gasteiger partial charge in [0.15, 0.2) is 0 Å². The van der Waals surface area contributed by atoms with Crippen LogP contribution in [-0.4, -0.2) is 18.5 Å². The van der Waals surface area contributed by atoms with E-state index in [-0.39, 0.29) is 11.9 Å². The van der Waals surface area contributed by atoms with E-state index in [4.69, 9.17) is 5.73 Å². The molecule has 2 atom stereocenters. The van der Waals surface area contributed by atoms with Gasteiger partial charge in [0, 0.05) is 19.0 Å². The highest BCUT2D eigenvalue weighted by Crippen LogP contribution is 2.33. The molecule has 3 heteroatoms. The molecule has 0 aromatic heterocycles. The minimum Gasteiger partial charge on any atom is -0.352 e. The van der Waals surface area contributed by atoms with Crippen LogP contribution in [0.15, 0.2) is 24.3 Å². The number of carbonyl (C=O) groups excluding carboxylic acids is 1. The summed E-state index contributed by atoms with van der Waals surface area (Å²) in [7, 11) is 0. The van der Waals surface area contributed by atoms with Crippen LogP contribution in [0.1, 0.15) is 56.6 Å². The molecule has 2 rings (SSSR count). The third-order valence-electron chi connectivity index (χ3n) is 4.33. The quantitative estimate of drug-likeness (QED) is 0.845. The van der Waals surface area contributed by atoms with E-state index in [1.807, 2.05) is 0 Å². The molecule has 3 nitrogen and oxygen atoms in total. The summed E-state index contributed by atoms with van der Waals surface area (Å²) in [6, 6.07) is 8.66. The first-order valence-electron chi connectivity index (χ1n) is 8.17. The second-order valence-corrected chi connectivity index (χ2v) is 6.62. The average Bonchev–Trinajstić information content (AvgIpc) is 2.46. The zero-order valence-corrected chi connectivity index (χ0v) is 13.3. The van der Waals surface area contributed by atoms with Crippen LogP contribution >= 0.6 is 0 Å². The standard InChI is InChI=1S/C18H28N2O/c1-13(2)10-16(12-19)20-18(21)11-15-8-5-7-14-6-3-4-9-17(14)15/h3-4,6,9,13,15-16H,5,7-8,10-12,19H2,1-2H3,(H,20,21). The van der Waals surface area contributed by atoms with Gasteiger partial charge in [-0.25, -0.2) is 0 Å². The number of amides is 1. The number of benzene rings is 1. The van der Waals surface area contributed by atoms with Gasteiger partial charge < -0.3 is 11.1 Å². The molecule has 0 saturated carbocycles. The summed E-state index contributed by atoms with van der Waals surface area (Å²) in [6.45, 7) is 4.84. The van der Waals surface area contributed by atoms with Crippen LogP contribution in [0.2, 0.25) is 0 Å². The number of rotatable bonds is 6. The van der Waals surface area contributed by atoms with Crippen molar-refractivity contribution in [3.63, 3.8) is 0 Å². The van der Waals surface area contributed by atoms with Crippen LogP contribution in [0, 0.1) is 5.92 Å². The molecule has 1 aromatic carbocycles. The maximum absolute atomic E-state index is 12.3. The summed E-state index contributed by atoms with van der Waals surface area (Å²) >= 11 is 0. The van der Waals surface area contributed by atoms with E-state index >= 15 is 0 Å². The predicted molar refractivity (Wildman–Crippen MR) is 87.2 cm³/mol. The van der Waals surface area contributed by atoms with Gasteiger partial charge in [0.25, 0.3) is 0 Å². The van der Waals surface area contributed by atoms with Crippen molar-refractivity contribution in [1.82, 2.24) is 5.32 Å². The molecular weight excluding hydrogens is 260 g/mol. The lowest BCUT2D eigenvalue weighted by molar-refractivity contribution is -0.122. The van der Waals surface area contributed by atoms with Crippen LogP contribution in [0.25, 0.3) is 0 Å². The highest BCUT2D eigenvalue weighted by Gasteiger charge is 2.23. The Morgan fingerprint density at radius 2 is 2.14 bits per heavy atom. The molecule has 0 spiro atoms. The summed E-state index contributed by atoms with van der Waals surface area (Å²) in [5.41, 5.74) is 8.55. The lowest BCUT2D eigenvalue weighted by atomic mass is 9.81. The molecule has 0 bridgehead atoms. The van der Waals surface area contributed by atoms with Crippen LogP contribution in [0.5, 0.6) is 0 Å². The van der Waals surface area contributed by atoms with Crippen LogP contribution in [0.4, 0.5) is 0 Å². The van der Waals surface area contributed by atoms with Crippen molar-refractivity contribution in [2.45, 2.75) is 57.9 Å². The molecule has 0 radical (unpaired) electrons. The van der Waals surface area contributed by atoms with Gasteiger partial charge >= 0.3 is 0 Å². The van der Waals surface area contributed by atoms with Gasteiger partial charge in [0.2, 0.25) is 5.91 Å². The fourth-order valence-corrected chi connectivity index (χ4v) is 3.36. The molecule has 0 heterocycles. The molecule has 0 saturated heterocycles. The monoisotopic (exact) mass is 288 g/mol. The molecule has 1 amide bonds. The third kappa shape index (κ3) is 4.57. The number of hydrogen-bond acceptors (Lipinski definition) is 2. The lowest BCUT2D eigenvalue weighted by Gasteiger charge is -2.26. The van der Waals surface area contributed by atoms with Crippen LogP contribution < -0.4 is 11.1 Å². The van der Waals surface area contributed by atoms with Crippen molar-refractivity contribution in [3.8, 4) is 0 Å². The molecule has 2 unspecified atom stereocenters. The van der Waals surface area contributed by atoms with Gasteiger partial charge in [0.1, 0.15) is 0 Å². The Morgan fingerprint density at radius 1 is 1.38 bits per heavy atom. The predicted octanol–water partition coefficient (Wildman–Crippen LogP) is 2.99. The van der Waals surface area contributed by atoms with Gasteiger partial charge in [-0.15, -0.1) is 0 Å². The van der Waals surface area contributed by atoms with Gasteiger partial charge in [-0.3, -0.25) is 4.79 Å². The van der Waals surface area contributed by atoms with Crippen molar-refractivity contribution in [1.29, 1.82) is 0 Å².